The highest BCUT2D eigenvalue weighted by Gasteiger charge is 2.16. The number of nitrogens with zero attached hydrogens (tertiary/aromatic N) is 2. The van der Waals surface area contributed by atoms with E-state index in [-0.39, 0.29) is 17.2 Å². The second-order valence-corrected chi connectivity index (χ2v) is 6.25. The molecule has 0 aliphatic carbocycles. The summed E-state index contributed by atoms with van der Waals surface area (Å²) in [6, 6.07) is 13.9. The number of benzene rings is 2. The van der Waals surface area contributed by atoms with Gasteiger partial charge in [0.15, 0.2) is 12.4 Å². The molecule has 31 heavy (non-hydrogen) atoms. The van der Waals surface area contributed by atoms with E-state index in [9.17, 15) is 19.7 Å². The summed E-state index contributed by atoms with van der Waals surface area (Å²) in [6.07, 6.45) is 2.75. The number of rotatable bonds is 8. The molecule has 1 heterocycles. The van der Waals surface area contributed by atoms with E-state index < -0.39 is 23.4 Å². The number of carbonyl (C=O) groups excluding carboxylic acids is 2. The highest BCUT2D eigenvalue weighted by Crippen LogP contribution is 2.27. The lowest BCUT2D eigenvalue weighted by atomic mass is 10.2. The van der Waals surface area contributed by atoms with Gasteiger partial charge in [0.2, 0.25) is 5.76 Å². The Kier molecular flexibility index (Phi) is 6.74. The molecule has 2 aromatic carbocycles. The van der Waals surface area contributed by atoms with Crippen molar-refractivity contribution in [1.29, 1.82) is 0 Å². The second-order valence-electron chi connectivity index (χ2n) is 6.25. The molecule has 0 fully saturated rings. The number of hydrogen-bond donors (Lipinski definition) is 1. The van der Waals surface area contributed by atoms with Crippen molar-refractivity contribution in [3.63, 3.8) is 0 Å². The predicted octanol–water partition coefficient (Wildman–Crippen LogP) is 3.24. The van der Waals surface area contributed by atoms with Crippen molar-refractivity contribution in [3.8, 4) is 11.5 Å². The number of aryl methyl sites for hydroxylation is 1. The molecule has 0 spiro atoms. The number of amides is 1. The standard InChI is InChI=1S/C21H17N3O7/c1-14-4-9-18(17(11-14)24(27)28)30-13-20(25)23-22-12-15-5-7-16(8-6-15)31-21(26)19-3-2-10-29-19/h2-12H,13H2,1H3,(H,23,25)/b22-12-. The molecule has 0 radical (unpaired) electrons. The van der Waals surface area contributed by atoms with Gasteiger partial charge >= 0.3 is 11.7 Å². The molecule has 0 aliphatic rings. The van der Waals surface area contributed by atoms with E-state index in [0.717, 1.165) is 0 Å². The van der Waals surface area contributed by atoms with Crippen LogP contribution in [-0.2, 0) is 4.79 Å². The summed E-state index contributed by atoms with van der Waals surface area (Å²) in [5.74, 6) is -0.806. The summed E-state index contributed by atoms with van der Waals surface area (Å²) < 4.78 is 15.3. The summed E-state index contributed by atoms with van der Waals surface area (Å²) in [4.78, 5) is 34.1. The Morgan fingerprint density at radius 1 is 1.19 bits per heavy atom. The third-order valence-corrected chi connectivity index (χ3v) is 3.89. The SMILES string of the molecule is Cc1ccc(OCC(=O)N/N=C\c2ccc(OC(=O)c3ccco3)cc2)c([N+](=O)[O-])c1. The van der Waals surface area contributed by atoms with E-state index in [1.807, 2.05) is 0 Å². The summed E-state index contributed by atoms with van der Waals surface area (Å²) in [7, 11) is 0. The maximum atomic E-state index is 11.9. The van der Waals surface area contributed by atoms with Crippen LogP contribution in [0.5, 0.6) is 11.5 Å². The molecule has 0 atom stereocenters. The van der Waals surface area contributed by atoms with Crippen LogP contribution >= 0.6 is 0 Å². The molecule has 0 saturated heterocycles. The van der Waals surface area contributed by atoms with E-state index in [0.29, 0.717) is 16.9 Å². The maximum absolute atomic E-state index is 11.9. The monoisotopic (exact) mass is 423 g/mol. The van der Waals surface area contributed by atoms with Gasteiger partial charge in [0.05, 0.1) is 17.4 Å². The molecule has 158 valence electrons. The van der Waals surface area contributed by atoms with Crippen LogP contribution in [0.25, 0.3) is 0 Å². The van der Waals surface area contributed by atoms with Crippen molar-refractivity contribution >= 4 is 23.8 Å². The number of nitrogens with one attached hydrogen (secondary N) is 1. The summed E-state index contributed by atoms with van der Waals surface area (Å²) >= 11 is 0. The number of esters is 1. The van der Waals surface area contributed by atoms with E-state index in [1.165, 1.54) is 30.7 Å². The molecule has 1 aromatic heterocycles. The fraction of sp³-hybridized carbons (Fsp3) is 0.0952. The van der Waals surface area contributed by atoms with Gasteiger partial charge in [-0.3, -0.25) is 14.9 Å². The highest BCUT2D eigenvalue weighted by atomic mass is 16.6. The van der Waals surface area contributed by atoms with Crippen molar-refractivity contribution < 1.29 is 28.4 Å². The molecule has 0 bridgehead atoms. The van der Waals surface area contributed by atoms with Crippen molar-refractivity contribution in [3.05, 3.63) is 87.9 Å². The smallest absolute Gasteiger partial charge is 0.379 e. The van der Waals surface area contributed by atoms with Crippen LogP contribution in [0.4, 0.5) is 5.69 Å². The van der Waals surface area contributed by atoms with Gasteiger partial charge in [-0.2, -0.15) is 5.10 Å². The highest BCUT2D eigenvalue weighted by molar-refractivity contribution is 5.88. The van der Waals surface area contributed by atoms with Gasteiger partial charge in [-0.15, -0.1) is 0 Å². The fourth-order valence-electron chi connectivity index (χ4n) is 2.42. The minimum atomic E-state index is -0.618. The van der Waals surface area contributed by atoms with Gasteiger partial charge in [-0.05, 0) is 60.5 Å². The minimum Gasteiger partial charge on any atom is -0.477 e. The molecule has 3 rings (SSSR count). The first-order valence-electron chi connectivity index (χ1n) is 8.98. The normalized spacial score (nSPS) is 10.6. The zero-order valence-electron chi connectivity index (χ0n) is 16.3. The zero-order chi connectivity index (χ0) is 22.2. The Labute approximate surface area is 176 Å². The van der Waals surface area contributed by atoms with Crippen molar-refractivity contribution in [1.82, 2.24) is 5.43 Å². The number of hydrazone groups is 1. The summed E-state index contributed by atoms with van der Waals surface area (Å²) in [6.45, 7) is 1.27. The average Bonchev–Trinajstić information content (AvgIpc) is 3.29. The van der Waals surface area contributed by atoms with E-state index in [2.05, 4.69) is 10.5 Å². The molecule has 0 saturated carbocycles. The molecule has 10 nitrogen and oxygen atoms in total. The van der Waals surface area contributed by atoms with Gasteiger partial charge in [0.25, 0.3) is 5.91 Å². The number of nitro benzene ring substituents is 1. The van der Waals surface area contributed by atoms with E-state index in [4.69, 9.17) is 13.9 Å². The lowest BCUT2D eigenvalue weighted by molar-refractivity contribution is -0.385. The van der Waals surface area contributed by atoms with Gasteiger partial charge in [-0.1, -0.05) is 6.07 Å². The number of ether oxygens (including phenoxy) is 2. The molecule has 0 aliphatic heterocycles. The first-order chi connectivity index (χ1) is 14.9. The Morgan fingerprint density at radius 2 is 1.97 bits per heavy atom. The van der Waals surface area contributed by atoms with E-state index >= 15 is 0 Å². The molecule has 1 amide bonds. The van der Waals surface area contributed by atoms with Gasteiger partial charge in [-0.25, -0.2) is 10.2 Å². The summed E-state index contributed by atoms with van der Waals surface area (Å²) in [5, 5.41) is 14.9. The lowest BCUT2D eigenvalue weighted by Gasteiger charge is -2.06. The molecular formula is C21H17N3O7. The Hall–Kier alpha value is -4.47. The van der Waals surface area contributed by atoms with Crippen LogP contribution in [0.15, 0.2) is 70.4 Å². The molecule has 10 heteroatoms. The summed E-state index contributed by atoms with van der Waals surface area (Å²) in [5.41, 5.74) is 3.38. The Balaban J connectivity index is 1.48. The fourth-order valence-corrected chi connectivity index (χ4v) is 2.42. The first-order valence-corrected chi connectivity index (χ1v) is 8.98. The Morgan fingerprint density at radius 3 is 2.65 bits per heavy atom. The maximum Gasteiger partial charge on any atom is 0.379 e. The molecule has 3 aromatic rings. The van der Waals surface area contributed by atoms with E-state index in [1.54, 1.807) is 43.3 Å². The third-order valence-electron chi connectivity index (χ3n) is 3.89. The number of furan rings is 1. The van der Waals surface area contributed by atoms with Crippen LogP contribution in [0, 0.1) is 17.0 Å². The van der Waals surface area contributed by atoms with Crippen molar-refractivity contribution in [2.75, 3.05) is 6.61 Å². The number of nitro groups is 1. The third kappa shape index (κ3) is 6.00. The second kappa shape index (κ2) is 9.83. The topological polar surface area (TPSA) is 133 Å². The van der Waals surface area contributed by atoms with Crippen LogP contribution < -0.4 is 14.9 Å². The largest absolute Gasteiger partial charge is 0.477 e. The number of hydrogen-bond acceptors (Lipinski definition) is 8. The van der Waals surface area contributed by atoms with Gasteiger partial charge < -0.3 is 13.9 Å². The minimum absolute atomic E-state index is 0.00517. The number of carbonyl (C=O) groups is 2. The molecule has 0 unspecified atom stereocenters. The van der Waals surface area contributed by atoms with Crippen LogP contribution in [-0.4, -0.2) is 29.6 Å². The molecular weight excluding hydrogens is 406 g/mol. The van der Waals surface area contributed by atoms with Gasteiger partial charge in [0, 0.05) is 6.07 Å². The quantitative estimate of drug-likeness (QED) is 0.193. The van der Waals surface area contributed by atoms with Crippen molar-refractivity contribution in [2.45, 2.75) is 6.92 Å². The zero-order valence-corrected chi connectivity index (χ0v) is 16.3. The van der Waals surface area contributed by atoms with Crippen molar-refractivity contribution in [2.24, 2.45) is 5.10 Å². The van der Waals surface area contributed by atoms with Gasteiger partial charge in [0.1, 0.15) is 5.75 Å². The van der Waals surface area contributed by atoms with Crippen LogP contribution in [0.3, 0.4) is 0 Å². The Bertz CT molecular complexity index is 1110. The van der Waals surface area contributed by atoms with Crippen LogP contribution in [0.1, 0.15) is 21.7 Å². The lowest BCUT2D eigenvalue weighted by Crippen LogP contribution is -2.24. The first kappa shape index (κ1) is 21.2. The molecule has 1 N–H and O–H groups in total. The van der Waals surface area contributed by atoms with Crippen LogP contribution in [0.2, 0.25) is 0 Å². The predicted molar refractivity (Wildman–Crippen MR) is 109 cm³/mol. The average molecular weight is 423 g/mol.